The summed E-state index contributed by atoms with van der Waals surface area (Å²) in [6.07, 6.45) is 0. The van der Waals surface area contributed by atoms with E-state index in [1.54, 1.807) is 14.0 Å². The third kappa shape index (κ3) is 5.16. The lowest BCUT2D eigenvalue weighted by Crippen LogP contribution is -1.95. The van der Waals surface area contributed by atoms with Crippen LogP contribution >= 0.6 is 11.8 Å². The molecule has 0 bridgehead atoms. The second-order valence-corrected chi connectivity index (χ2v) is 5.71. The van der Waals surface area contributed by atoms with Gasteiger partial charge >= 0.3 is 0 Å². The number of carbonyl (C=O) groups is 1. The predicted molar refractivity (Wildman–Crippen MR) is 85.7 cm³/mol. The van der Waals surface area contributed by atoms with E-state index in [2.05, 4.69) is 0 Å². The van der Waals surface area contributed by atoms with Crippen LogP contribution in [0.5, 0.6) is 11.5 Å². The van der Waals surface area contributed by atoms with E-state index in [0.29, 0.717) is 12.4 Å². The Bertz CT molecular complexity index is 576. The van der Waals surface area contributed by atoms with Gasteiger partial charge in [-0.3, -0.25) is 4.79 Å². The fourth-order valence-electron chi connectivity index (χ4n) is 1.76. The zero-order chi connectivity index (χ0) is 15.1. The topological polar surface area (TPSA) is 35.5 Å². The maximum absolute atomic E-state index is 10.9. The van der Waals surface area contributed by atoms with Crippen molar-refractivity contribution in [2.75, 3.05) is 7.11 Å². The molecule has 0 heterocycles. The van der Waals surface area contributed by atoms with E-state index in [1.807, 2.05) is 48.5 Å². The second kappa shape index (κ2) is 7.74. The van der Waals surface area contributed by atoms with Crippen molar-refractivity contribution in [1.29, 1.82) is 0 Å². The SMILES string of the molecule is COc1ccc(COc2ccc(CSC(C)=O)cc2)cc1. The largest absolute Gasteiger partial charge is 0.497 e. The molecule has 0 N–H and O–H groups in total. The van der Waals surface area contributed by atoms with Gasteiger partial charge in [0, 0.05) is 12.7 Å². The number of benzene rings is 2. The Morgan fingerprint density at radius 2 is 1.52 bits per heavy atom. The number of rotatable bonds is 6. The fourth-order valence-corrected chi connectivity index (χ4v) is 2.32. The van der Waals surface area contributed by atoms with Crippen molar-refractivity contribution in [2.24, 2.45) is 0 Å². The summed E-state index contributed by atoms with van der Waals surface area (Å²) in [5, 5.41) is 0.134. The van der Waals surface area contributed by atoms with Crippen LogP contribution < -0.4 is 9.47 Å². The van der Waals surface area contributed by atoms with Crippen molar-refractivity contribution in [2.45, 2.75) is 19.3 Å². The van der Waals surface area contributed by atoms with Crippen LogP contribution in [0.15, 0.2) is 48.5 Å². The Hall–Kier alpha value is -1.94. The number of methoxy groups -OCH3 is 1. The predicted octanol–water partition coefficient (Wildman–Crippen LogP) is 4.05. The van der Waals surface area contributed by atoms with E-state index in [9.17, 15) is 4.79 Å². The molecule has 2 aromatic carbocycles. The standard InChI is InChI=1S/C17H18O3S/c1-13(18)21-12-15-5-9-17(10-6-15)20-11-14-3-7-16(19-2)8-4-14/h3-10H,11-12H2,1-2H3. The van der Waals surface area contributed by atoms with Crippen molar-refractivity contribution in [3.63, 3.8) is 0 Å². The highest BCUT2D eigenvalue weighted by Gasteiger charge is 2.00. The van der Waals surface area contributed by atoms with Crippen LogP contribution in [0.25, 0.3) is 0 Å². The maximum Gasteiger partial charge on any atom is 0.186 e. The van der Waals surface area contributed by atoms with Crippen LogP contribution in [0.3, 0.4) is 0 Å². The Labute approximate surface area is 129 Å². The lowest BCUT2D eigenvalue weighted by atomic mass is 10.2. The van der Waals surface area contributed by atoms with Crippen LogP contribution in [0.1, 0.15) is 18.1 Å². The Balaban J connectivity index is 1.86. The number of hydrogen-bond acceptors (Lipinski definition) is 4. The Morgan fingerprint density at radius 3 is 2.10 bits per heavy atom. The van der Waals surface area contributed by atoms with Crippen molar-refractivity contribution in [3.8, 4) is 11.5 Å². The highest BCUT2D eigenvalue weighted by molar-refractivity contribution is 8.12. The molecule has 0 spiro atoms. The number of thioether (sulfide) groups is 1. The first-order chi connectivity index (χ1) is 10.2. The van der Waals surface area contributed by atoms with Crippen molar-refractivity contribution < 1.29 is 14.3 Å². The minimum Gasteiger partial charge on any atom is -0.497 e. The number of carbonyl (C=O) groups excluding carboxylic acids is 1. The average molecular weight is 302 g/mol. The molecule has 0 saturated heterocycles. The lowest BCUT2D eigenvalue weighted by Gasteiger charge is -2.08. The molecule has 2 rings (SSSR count). The van der Waals surface area contributed by atoms with Gasteiger partial charge in [-0.25, -0.2) is 0 Å². The van der Waals surface area contributed by atoms with E-state index in [1.165, 1.54) is 11.8 Å². The molecule has 110 valence electrons. The van der Waals surface area contributed by atoms with E-state index in [4.69, 9.17) is 9.47 Å². The van der Waals surface area contributed by atoms with Crippen LogP contribution in [0, 0.1) is 0 Å². The van der Waals surface area contributed by atoms with Gasteiger partial charge in [-0.1, -0.05) is 36.0 Å². The number of hydrogen-bond donors (Lipinski definition) is 0. The summed E-state index contributed by atoms with van der Waals surface area (Å²) in [7, 11) is 1.65. The molecule has 3 nitrogen and oxygen atoms in total. The molecule has 0 fully saturated rings. The summed E-state index contributed by atoms with van der Waals surface area (Å²) in [6.45, 7) is 2.10. The molecule has 21 heavy (non-hydrogen) atoms. The maximum atomic E-state index is 10.9. The van der Waals surface area contributed by atoms with Crippen LogP contribution in [-0.4, -0.2) is 12.2 Å². The molecule has 0 unspecified atom stereocenters. The molecular weight excluding hydrogens is 284 g/mol. The molecule has 0 amide bonds. The normalized spacial score (nSPS) is 10.2. The minimum absolute atomic E-state index is 0.134. The van der Waals surface area contributed by atoms with Gasteiger partial charge in [0.1, 0.15) is 18.1 Å². The molecular formula is C17H18O3S. The number of ether oxygens (including phenoxy) is 2. The van der Waals surface area contributed by atoms with Crippen LogP contribution in [-0.2, 0) is 17.2 Å². The van der Waals surface area contributed by atoms with Crippen molar-refractivity contribution in [3.05, 3.63) is 59.7 Å². The molecule has 0 aliphatic rings. The van der Waals surface area contributed by atoms with Gasteiger partial charge in [0.15, 0.2) is 5.12 Å². The van der Waals surface area contributed by atoms with E-state index in [-0.39, 0.29) is 5.12 Å². The zero-order valence-electron chi connectivity index (χ0n) is 12.2. The summed E-state index contributed by atoms with van der Waals surface area (Å²) >= 11 is 1.31. The third-order valence-electron chi connectivity index (χ3n) is 2.93. The smallest absolute Gasteiger partial charge is 0.186 e. The van der Waals surface area contributed by atoms with E-state index in [0.717, 1.165) is 22.6 Å². The second-order valence-electron chi connectivity index (χ2n) is 4.56. The highest BCUT2D eigenvalue weighted by atomic mass is 32.2. The van der Waals surface area contributed by atoms with Crippen molar-refractivity contribution in [1.82, 2.24) is 0 Å². The van der Waals surface area contributed by atoms with Crippen LogP contribution in [0.4, 0.5) is 0 Å². The molecule has 0 radical (unpaired) electrons. The summed E-state index contributed by atoms with van der Waals surface area (Å²) in [5.74, 6) is 2.36. The first-order valence-electron chi connectivity index (χ1n) is 6.65. The first-order valence-corrected chi connectivity index (χ1v) is 7.64. The molecule has 4 heteroatoms. The van der Waals surface area contributed by atoms with Gasteiger partial charge in [-0.2, -0.15) is 0 Å². The fraction of sp³-hybridized carbons (Fsp3) is 0.235. The summed E-state index contributed by atoms with van der Waals surface area (Å²) in [4.78, 5) is 10.9. The van der Waals surface area contributed by atoms with Gasteiger partial charge in [0.2, 0.25) is 0 Å². The highest BCUT2D eigenvalue weighted by Crippen LogP contribution is 2.19. The van der Waals surface area contributed by atoms with E-state index < -0.39 is 0 Å². The van der Waals surface area contributed by atoms with Crippen molar-refractivity contribution >= 4 is 16.9 Å². The van der Waals surface area contributed by atoms with E-state index >= 15 is 0 Å². The molecule has 0 saturated carbocycles. The molecule has 0 aliphatic heterocycles. The van der Waals surface area contributed by atoms with Gasteiger partial charge in [0.05, 0.1) is 7.11 Å². The first kappa shape index (κ1) is 15.4. The monoisotopic (exact) mass is 302 g/mol. The van der Waals surface area contributed by atoms with Gasteiger partial charge in [-0.15, -0.1) is 0 Å². The summed E-state index contributed by atoms with van der Waals surface area (Å²) < 4.78 is 10.8. The van der Waals surface area contributed by atoms with Gasteiger partial charge in [-0.05, 0) is 35.4 Å². The van der Waals surface area contributed by atoms with Gasteiger partial charge < -0.3 is 9.47 Å². The minimum atomic E-state index is 0.134. The van der Waals surface area contributed by atoms with Crippen LogP contribution in [0.2, 0.25) is 0 Å². The third-order valence-corrected chi connectivity index (χ3v) is 3.81. The molecule has 0 atom stereocenters. The Morgan fingerprint density at radius 1 is 0.952 bits per heavy atom. The lowest BCUT2D eigenvalue weighted by molar-refractivity contribution is -0.109. The zero-order valence-corrected chi connectivity index (χ0v) is 13.0. The molecule has 2 aromatic rings. The summed E-state index contributed by atoms with van der Waals surface area (Å²) in [6, 6.07) is 15.6. The summed E-state index contributed by atoms with van der Waals surface area (Å²) in [5.41, 5.74) is 2.21. The Kier molecular flexibility index (Phi) is 5.69. The molecule has 0 aliphatic carbocycles. The average Bonchev–Trinajstić information content (AvgIpc) is 2.52. The van der Waals surface area contributed by atoms with Gasteiger partial charge in [0.25, 0.3) is 0 Å². The molecule has 0 aromatic heterocycles. The quantitative estimate of drug-likeness (QED) is 0.806.